The average molecular weight is 226 g/mol. The lowest BCUT2D eigenvalue weighted by Gasteiger charge is -2.34. The molecule has 2 heteroatoms. The summed E-state index contributed by atoms with van der Waals surface area (Å²) in [4.78, 5) is 2.47. The first-order valence-corrected chi connectivity index (χ1v) is 6.44. The molecule has 16 heavy (non-hydrogen) atoms. The Morgan fingerprint density at radius 1 is 1.31 bits per heavy atom. The summed E-state index contributed by atoms with van der Waals surface area (Å²) in [7, 11) is 0. The summed E-state index contributed by atoms with van der Waals surface area (Å²) in [6.07, 6.45) is 3.20. The summed E-state index contributed by atoms with van der Waals surface area (Å²) in [5, 5.41) is 3.48. The molecule has 0 bridgehead atoms. The minimum absolute atomic E-state index is 0.242. The summed E-state index contributed by atoms with van der Waals surface area (Å²) in [6.45, 7) is 19.4. The Balaban J connectivity index is 3.73. The molecule has 2 nitrogen and oxygen atoms in total. The maximum atomic E-state index is 3.82. The van der Waals surface area contributed by atoms with E-state index in [9.17, 15) is 0 Å². The van der Waals surface area contributed by atoms with E-state index in [1.54, 1.807) is 0 Å². The van der Waals surface area contributed by atoms with Gasteiger partial charge in [-0.05, 0) is 46.2 Å². The summed E-state index contributed by atoms with van der Waals surface area (Å²) < 4.78 is 0. The molecule has 0 aliphatic rings. The minimum atomic E-state index is 0.242. The molecule has 0 radical (unpaired) electrons. The van der Waals surface area contributed by atoms with Crippen molar-refractivity contribution in [3.8, 4) is 0 Å². The standard InChI is InChI=1S/C14H30N2/c1-7-10-16(14(4,5)6)11-8-9-15-12-13(2)3/h7,13,15H,1,8-12H2,2-6H3. The van der Waals surface area contributed by atoms with Crippen LogP contribution >= 0.6 is 0 Å². The zero-order chi connectivity index (χ0) is 12.6. The third-order valence-corrected chi connectivity index (χ3v) is 2.63. The molecule has 0 amide bonds. The molecule has 0 rings (SSSR count). The highest BCUT2D eigenvalue weighted by Crippen LogP contribution is 2.12. The molecule has 96 valence electrons. The van der Waals surface area contributed by atoms with Crippen LogP contribution in [0.5, 0.6) is 0 Å². The third-order valence-electron chi connectivity index (χ3n) is 2.63. The van der Waals surface area contributed by atoms with E-state index in [1.807, 2.05) is 6.08 Å². The molecule has 0 aromatic rings. The van der Waals surface area contributed by atoms with Crippen molar-refractivity contribution in [3.63, 3.8) is 0 Å². The lowest BCUT2D eigenvalue weighted by atomic mass is 10.1. The van der Waals surface area contributed by atoms with Crippen molar-refractivity contribution in [1.82, 2.24) is 10.2 Å². The highest BCUT2D eigenvalue weighted by Gasteiger charge is 2.18. The predicted molar refractivity (Wildman–Crippen MR) is 73.8 cm³/mol. The van der Waals surface area contributed by atoms with Crippen molar-refractivity contribution >= 4 is 0 Å². The fourth-order valence-corrected chi connectivity index (χ4v) is 1.64. The quantitative estimate of drug-likeness (QED) is 0.506. The van der Waals surface area contributed by atoms with Crippen LogP contribution in [-0.4, -0.2) is 36.6 Å². The zero-order valence-electron chi connectivity index (χ0n) is 11.8. The lowest BCUT2D eigenvalue weighted by Crippen LogP contribution is -2.42. The summed E-state index contributed by atoms with van der Waals surface area (Å²) in [6, 6.07) is 0. The van der Waals surface area contributed by atoms with Crippen molar-refractivity contribution in [2.75, 3.05) is 26.2 Å². The minimum Gasteiger partial charge on any atom is -0.316 e. The summed E-state index contributed by atoms with van der Waals surface area (Å²) in [5.41, 5.74) is 0.242. The molecule has 0 aliphatic heterocycles. The van der Waals surface area contributed by atoms with Gasteiger partial charge in [-0.15, -0.1) is 6.58 Å². The highest BCUT2D eigenvalue weighted by molar-refractivity contribution is 4.82. The molecule has 0 aromatic carbocycles. The molecule has 0 saturated heterocycles. The predicted octanol–water partition coefficient (Wildman–Crippen LogP) is 2.91. The van der Waals surface area contributed by atoms with E-state index in [2.05, 4.69) is 51.4 Å². The maximum absolute atomic E-state index is 3.82. The van der Waals surface area contributed by atoms with Crippen LogP contribution in [0, 0.1) is 5.92 Å². The molecule has 0 aromatic heterocycles. The Labute approximate surface area is 102 Å². The number of rotatable bonds is 8. The van der Waals surface area contributed by atoms with E-state index in [0.717, 1.165) is 32.1 Å². The molecular formula is C14H30N2. The van der Waals surface area contributed by atoms with Crippen molar-refractivity contribution in [2.24, 2.45) is 5.92 Å². The van der Waals surface area contributed by atoms with Gasteiger partial charge >= 0.3 is 0 Å². The van der Waals surface area contributed by atoms with Gasteiger partial charge in [0.2, 0.25) is 0 Å². The van der Waals surface area contributed by atoms with Crippen molar-refractivity contribution in [3.05, 3.63) is 12.7 Å². The zero-order valence-corrected chi connectivity index (χ0v) is 11.8. The highest BCUT2D eigenvalue weighted by atomic mass is 15.2. The van der Waals surface area contributed by atoms with Gasteiger partial charge in [0, 0.05) is 18.6 Å². The van der Waals surface area contributed by atoms with E-state index in [-0.39, 0.29) is 5.54 Å². The fourth-order valence-electron chi connectivity index (χ4n) is 1.64. The van der Waals surface area contributed by atoms with Gasteiger partial charge in [0.25, 0.3) is 0 Å². The van der Waals surface area contributed by atoms with Crippen molar-refractivity contribution < 1.29 is 0 Å². The van der Waals surface area contributed by atoms with Crippen LogP contribution in [0.3, 0.4) is 0 Å². The van der Waals surface area contributed by atoms with Gasteiger partial charge in [-0.3, -0.25) is 4.90 Å². The van der Waals surface area contributed by atoms with E-state index in [4.69, 9.17) is 0 Å². The molecule has 0 fully saturated rings. The normalized spacial score (nSPS) is 12.4. The Bertz CT molecular complexity index is 180. The maximum Gasteiger partial charge on any atom is 0.0165 e. The van der Waals surface area contributed by atoms with Gasteiger partial charge in [-0.25, -0.2) is 0 Å². The SMILES string of the molecule is C=CCN(CCCNCC(C)C)C(C)(C)C. The average Bonchev–Trinajstić information content (AvgIpc) is 2.13. The van der Waals surface area contributed by atoms with E-state index < -0.39 is 0 Å². The van der Waals surface area contributed by atoms with Crippen LogP contribution in [0.25, 0.3) is 0 Å². The Morgan fingerprint density at radius 2 is 1.94 bits per heavy atom. The Morgan fingerprint density at radius 3 is 2.38 bits per heavy atom. The van der Waals surface area contributed by atoms with Crippen molar-refractivity contribution in [2.45, 2.75) is 46.6 Å². The molecule has 0 atom stereocenters. The van der Waals surface area contributed by atoms with Crippen LogP contribution in [0.2, 0.25) is 0 Å². The van der Waals surface area contributed by atoms with Crippen LogP contribution in [-0.2, 0) is 0 Å². The molecular weight excluding hydrogens is 196 g/mol. The Hall–Kier alpha value is -0.340. The number of hydrogen-bond acceptors (Lipinski definition) is 2. The second-order valence-electron chi connectivity index (χ2n) is 5.86. The topological polar surface area (TPSA) is 15.3 Å². The van der Waals surface area contributed by atoms with Gasteiger partial charge in [0.05, 0.1) is 0 Å². The number of nitrogens with one attached hydrogen (secondary N) is 1. The first-order chi connectivity index (χ1) is 7.38. The van der Waals surface area contributed by atoms with Crippen LogP contribution in [0.1, 0.15) is 41.0 Å². The summed E-state index contributed by atoms with van der Waals surface area (Å²) >= 11 is 0. The van der Waals surface area contributed by atoms with Gasteiger partial charge in [-0.2, -0.15) is 0 Å². The van der Waals surface area contributed by atoms with E-state index >= 15 is 0 Å². The van der Waals surface area contributed by atoms with Gasteiger partial charge in [0.15, 0.2) is 0 Å². The molecule has 0 heterocycles. The summed E-state index contributed by atoms with van der Waals surface area (Å²) in [5.74, 6) is 0.742. The second-order valence-corrected chi connectivity index (χ2v) is 5.86. The number of hydrogen-bond donors (Lipinski definition) is 1. The fraction of sp³-hybridized carbons (Fsp3) is 0.857. The molecule has 0 aliphatic carbocycles. The van der Waals surface area contributed by atoms with E-state index in [0.29, 0.717) is 0 Å². The first kappa shape index (κ1) is 15.7. The Kier molecular flexibility index (Phi) is 7.69. The van der Waals surface area contributed by atoms with E-state index in [1.165, 1.54) is 6.42 Å². The molecule has 0 saturated carbocycles. The van der Waals surface area contributed by atoms with Gasteiger partial charge < -0.3 is 5.32 Å². The first-order valence-electron chi connectivity index (χ1n) is 6.44. The third kappa shape index (κ3) is 7.89. The number of nitrogens with zero attached hydrogens (tertiary/aromatic N) is 1. The second kappa shape index (κ2) is 7.86. The van der Waals surface area contributed by atoms with Gasteiger partial charge in [0.1, 0.15) is 0 Å². The van der Waals surface area contributed by atoms with Crippen molar-refractivity contribution in [1.29, 1.82) is 0 Å². The van der Waals surface area contributed by atoms with Crippen LogP contribution < -0.4 is 5.32 Å². The lowest BCUT2D eigenvalue weighted by molar-refractivity contribution is 0.152. The smallest absolute Gasteiger partial charge is 0.0165 e. The largest absolute Gasteiger partial charge is 0.316 e. The van der Waals surface area contributed by atoms with Crippen LogP contribution in [0.4, 0.5) is 0 Å². The van der Waals surface area contributed by atoms with Gasteiger partial charge in [-0.1, -0.05) is 19.9 Å². The molecule has 0 unspecified atom stereocenters. The monoisotopic (exact) mass is 226 g/mol. The molecule has 1 N–H and O–H groups in total. The van der Waals surface area contributed by atoms with Crippen LogP contribution in [0.15, 0.2) is 12.7 Å². The molecule has 0 spiro atoms.